The number of morpholine rings is 1. The van der Waals surface area contributed by atoms with Gasteiger partial charge in [-0.3, -0.25) is 19.3 Å². The molecular formula is C61H62N4O11. The Bertz CT molecular complexity index is 3150. The lowest BCUT2D eigenvalue weighted by Crippen LogP contribution is -2.58. The number of methoxy groups -OCH3 is 3. The molecule has 0 radical (unpaired) electrons. The van der Waals surface area contributed by atoms with Gasteiger partial charge in [0.2, 0.25) is 11.8 Å². The van der Waals surface area contributed by atoms with Crippen molar-refractivity contribution in [1.29, 1.82) is 0 Å². The highest BCUT2D eigenvalue weighted by Gasteiger charge is 2.76. The Balaban J connectivity index is 1.29. The molecule has 2 N–H and O–H groups in total. The van der Waals surface area contributed by atoms with E-state index in [9.17, 15) is 9.90 Å². The van der Waals surface area contributed by atoms with Crippen LogP contribution in [0.3, 0.4) is 0 Å². The molecule has 2 saturated heterocycles. The van der Waals surface area contributed by atoms with Crippen LogP contribution in [0.4, 0.5) is 10.5 Å². The smallest absolute Gasteiger partial charge is 0.329 e. The summed E-state index contributed by atoms with van der Waals surface area (Å²) in [4.78, 5) is 83.0. The molecule has 1 spiro atoms. The molecule has 15 nitrogen and oxygen atoms in total. The summed E-state index contributed by atoms with van der Waals surface area (Å²) in [6, 6.07) is 29.2. The molecule has 5 aromatic rings. The number of anilines is 1. The molecule has 1 aliphatic carbocycles. The van der Waals surface area contributed by atoms with E-state index in [2.05, 4.69) is 23.2 Å². The first-order chi connectivity index (χ1) is 36.9. The number of ether oxygens (including phenoxy) is 5. The average Bonchev–Trinajstić information content (AvgIpc) is 3.91. The number of benzene rings is 5. The Morgan fingerprint density at radius 2 is 1.50 bits per heavy atom. The van der Waals surface area contributed by atoms with Gasteiger partial charge in [0, 0.05) is 24.2 Å². The Morgan fingerprint density at radius 3 is 2.17 bits per heavy atom. The van der Waals surface area contributed by atoms with Gasteiger partial charge in [-0.2, -0.15) is 0 Å². The second kappa shape index (κ2) is 21.7. The van der Waals surface area contributed by atoms with Gasteiger partial charge < -0.3 is 39.0 Å². The Morgan fingerprint density at radius 1 is 0.803 bits per heavy atom. The number of hydrogen-bond acceptors (Lipinski definition) is 12. The molecule has 15 heteroatoms. The van der Waals surface area contributed by atoms with Crippen molar-refractivity contribution in [2.45, 2.75) is 88.2 Å². The van der Waals surface area contributed by atoms with Crippen molar-refractivity contribution in [2.75, 3.05) is 46.0 Å². The van der Waals surface area contributed by atoms with E-state index in [1.54, 1.807) is 75.4 Å². The lowest BCUT2D eigenvalue weighted by Gasteiger charge is -2.46. The zero-order valence-corrected chi connectivity index (χ0v) is 43.3. The van der Waals surface area contributed by atoms with E-state index in [4.69, 9.17) is 23.7 Å². The maximum absolute atomic E-state index is 17.1. The van der Waals surface area contributed by atoms with Gasteiger partial charge in [0.1, 0.15) is 36.0 Å². The third-order valence-corrected chi connectivity index (χ3v) is 15.6. The zero-order chi connectivity index (χ0) is 53.3. The molecule has 0 aromatic heterocycles. The minimum absolute atomic E-state index is 0.0829. The number of rotatable bonds is 12. The SMILES string of the molecule is COC(=O)C(NC(=O)N1C(=O)C2(c3cc(C#CC4=CCCCC4)ccc31)C(C(=O)N1CCc3cc(OC)c(OC)cc3C1)C1C(=O)OC(c3ccccc3)C(c3ccccc3)N1C2c1ccccc1OCCO)C(C)C. The third kappa shape index (κ3) is 9.02. The van der Waals surface area contributed by atoms with Crippen LogP contribution in [-0.2, 0) is 47.0 Å². The number of carbonyl (C=O) groups excluding carboxylic acids is 5. The van der Waals surface area contributed by atoms with Crippen LogP contribution < -0.4 is 24.4 Å². The van der Waals surface area contributed by atoms with E-state index in [0.717, 1.165) is 52.8 Å². The first-order valence-corrected chi connectivity index (χ1v) is 26.0. The molecule has 5 aliphatic rings. The summed E-state index contributed by atoms with van der Waals surface area (Å²) in [6.45, 7) is 3.32. The fourth-order valence-electron chi connectivity index (χ4n) is 12.1. The Kier molecular flexibility index (Phi) is 14.7. The highest BCUT2D eigenvalue weighted by molar-refractivity contribution is 6.25. The first kappa shape index (κ1) is 51.6. The maximum Gasteiger partial charge on any atom is 0.329 e. The van der Waals surface area contributed by atoms with E-state index in [-0.39, 0.29) is 43.3 Å². The fraction of sp³-hybridized carbons (Fsp3) is 0.361. The van der Waals surface area contributed by atoms with Crippen LogP contribution in [0.5, 0.6) is 17.2 Å². The molecule has 7 atom stereocenters. The van der Waals surface area contributed by atoms with Crippen LogP contribution in [0, 0.1) is 23.7 Å². The van der Waals surface area contributed by atoms with Crippen LogP contribution in [-0.4, -0.2) is 97.9 Å². The molecule has 0 saturated carbocycles. The van der Waals surface area contributed by atoms with Crippen molar-refractivity contribution in [1.82, 2.24) is 15.1 Å². The number of imide groups is 1. The molecule has 4 aliphatic heterocycles. The molecule has 392 valence electrons. The van der Waals surface area contributed by atoms with Gasteiger partial charge in [0.15, 0.2) is 11.5 Å². The number of amides is 4. The van der Waals surface area contributed by atoms with Crippen LogP contribution in [0.2, 0.25) is 0 Å². The lowest BCUT2D eigenvalue weighted by molar-refractivity contribution is -0.179. The summed E-state index contributed by atoms with van der Waals surface area (Å²) in [5.74, 6) is 3.15. The first-order valence-electron chi connectivity index (χ1n) is 26.0. The van der Waals surface area contributed by atoms with Crippen molar-refractivity contribution in [3.05, 3.63) is 166 Å². The van der Waals surface area contributed by atoms with Crippen molar-refractivity contribution >= 4 is 35.5 Å². The number of aliphatic hydroxyl groups is 1. The van der Waals surface area contributed by atoms with Crippen molar-refractivity contribution < 1.29 is 52.8 Å². The van der Waals surface area contributed by atoms with E-state index in [1.165, 1.54) is 7.11 Å². The number of fused-ring (bicyclic) bond motifs is 4. The van der Waals surface area contributed by atoms with E-state index in [0.29, 0.717) is 34.6 Å². The molecule has 7 unspecified atom stereocenters. The number of aliphatic hydroxyl groups excluding tert-OH is 1. The summed E-state index contributed by atoms with van der Waals surface area (Å²) in [5.41, 5.74) is 3.29. The predicted octanol–water partition coefficient (Wildman–Crippen LogP) is 8.08. The lowest BCUT2D eigenvalue weighted by atomic mass is 9.64. The van der Waals surface area contributed by atoms with Gasteiger partial charge in [0.25, 0.3) is 0 Å². The van der Waals surface area contributed by atoms with Gasteiger partial charge in [-0.15, -0.1) is 0 Å². The van der Waals surface area contributed by atoms with Crippen LogP contribution >= 0.6 is 0 Å². The monoisotopic (exact) mass is 1030 g/mol. The molecule has 2 fully saturated rings. The number of nitrogens with zero attached hydrogens (tertiary/aromatic N) is 3. The molecule has 5 aromatic carbocycles. The second-order valence-electron chi connectivity index (χ2n) is 20.2. The van der Waals surface area contributed by atoms with Crippen LogP contribution in [0.25, 0.3) is 0 Å². The molecule has 10 rings (SSSR count). The summed E-state index contributed by atoms with van der Waals surface area (Å²) >= 11 is 0. The maximum atomic E-state index is 17.1. The van der Waals surface area contributed by atoms with Gasteiger partial charge in [-0.05, 0) is 108 Å². The number of urea groups is 1. The van der Waals surface area contributed by atoms with E-state index < -0.39 is 77.3 Å². The second-order valence-corrected chi connectivity index (χ2v) is 20.2. The summed E-state index contributed by atoms with van der Waals surface area (Å²) < 4.78 is 29.7. The number of hydrogen-bond donors (Lipinski definition) is 2. The highest BCUT2D eigenvalue weighted by Crippen LogP contribution is 2.67. The Hall–Kier alpha value is -7.93. The number of nitrogens with one attached hydrogen (secondary N) is 1. The van der Waals surface area contributed by atoms with Gasteiger partial charge in [0.05, 0.1) is 51.6 Å². The number of para-hydroxylation sites is 1. The summed E-state index contributed by atoms with van der Waals surface area (Å²) in [6.07, 6.45) is 5.36. The molecule has 0 bridgehead atoms. The normalized spacial score (nSPS) is 23.0. The van der Waals surface area contributed by atoms with Gasteiger partial charge in [-0.25, -0.2) is 14.5 Å². The zero-order valence-electron chi connectivity index (χ0n) is 43.3. The van der Waals surface area contributed by atoms with Gasteiger partial charge in [-0.1, -0.05) is 111 Å². The standard InChI is InChI=1S/C61H62N4O11/c1-37(2)51(57(68)74-5)62-60(71)64-46-28-27-39(26-25-38-17-9-6-10-18-38)33-45(46)61(59(64)70)50(56(67)63-30-29-42-34-48(72-3)49(73-4)35-43(42)36-63)53-58(69)76-54(41-21-13-8-14-22-41)52(40-19-11-7-12-20-40)65(53)55(61)44-23-15-16-24-47(44)75-32-31-66/h7-8,11-17,19-24,27-28,33-35,37,50-55,66H,6,9-10,18,29-32,36H2,1-5H3,(H,62,71). The minimum atomic E-state index is -2.15. The van der Waals surface area contributed by atoms with Crippen LogP contribution in [0.15, 0.2) is 127 Å². The largest absolute Gasteiger partial charge is 0.493 e. The van der Waals surface area contributed by atoms with Crippen molar-refractivity contribution in [2.24, 2.45) is 11.8 Å². The molecule has 4 heterocycles. The number of esters is 2. The van der Waals surface area contributed by atoms with E-state index >= 15 is 19.2 Å². The fourth-order valence-corrected chi connectivity index (χ4v) is 12.1. The van der Waals surface area contributed by atoms with Gasteiger partial charge >= 0.3 is 18.0 Å². The predicted molar refractivity (Wildman–Crippen MR) is 282 cm³/mol. The van der Waals surface area contributed by atoms with Crippen molar-refractivity contribution in [3.63, 3.8) is 0 Å². The molecule has 4 amide bonds. The summed E-state index contributed by atoms with van der Waals surface area (Å²) in [7, 11) is 4.33. The number of allylic oxidation sites excluding steroid dienone is 2. The van der Waals surface area contributed by atoms with E-state index in [1.807, 2.05) is 77.7 Å². The molecular weight excluding hydrogens is 965 g/mol. The minimum Gasteiger partial charge on any atom is -0.493 e. The van der Waals surface area contributed by atoms with Crippen LogP contribution in [0.1, 0.15) is 96.7 Å². The third-order valence-electron chi connectivity index (χ3n) is 15.6. The highest BCUT2D eigenvalue weighted by atomic mass is 16.6. The molecule has 76 heavy (non-hydrogen) atoms. The summed E-state index contributed by atoms with van der Waals surface area (Å²) in [5, 5.41) is 13.1. The quantitative estimate of drug-likeness (QED) is 0.0910. The Labute approximate surface area is 442 Å². The van der Waals surface area contributed by atoms with Crippen molar-refractivity contribution in [3.8, 4) is 29.1 Å². The number of carbonyl (C=O) groups is 5. The number of cyclic esters (lactones) is 1. The topological polar surface area (TPSA) is 173 Å². The average molecular weight is 1030 g/mol.